The number of nitriles is 1. The first-order valence-electron chi connectivity index (χ1n) is 5.20. The zero-order valence-corrected chi connectivity index (χ0v) is 9.53. The van der Waals surface area contributed by atoms with E-state index in [2.05, 4.69) is 11.4 Å². The van der Waals surface area contributed by atoms with Crippen LogP contribution in [0.5, 0.6) is 5.75 Å². The molecule has 0 fully saturated rings. The fraction of sp³-hybridized carbons (Fsp3) is 0.417. The van der Waals surface area contributed by atoms with Gasteiger partial charge in [-0.15, -0.1) is 0 Å². The normalized spacial score (nSPS) is 11.6. The lowest BCUT2D eigenvalue weighted by atomic mass is 10.1. The zero-order chi connectivity index (χ0) is 12.0. The Labute approximate surface area is 95.5 Å². The molecule has 1 atom stereocenters. The second kappa shape index (κ2) is 5.99. The van der Waals surface area contributed by atoms with Crippen LogP contribution in [0.15, 0.2) is 18.2 Å². The third kappa shape index (κ3) is 2.88. The minimum absolute atomic E-state index is 0.0403. The van der Waals surface area contributed by atoms with Crippen molar-refractivity contribution in [1.82, 2.24) is 0 Å². The fourth-order valence-electron chi connectivity index (χ4n) is 1.36. The van der Waals surface area contributed by atoms with Crippen LogP contribution in [0.4, 0.5) is 5.69 Å². The van der Waals surface area contributed by atoms with E-state index in [-0.39, 0.29) is 12.6 Å². The minimum Gasteiger partial charge on any atom is -0.497 e. The summed E-state index contributed by atoms with van der Waals surface area (Å²) in [4.78, 5) is 0. The molecule has 1 rings (SSSR count). The van der Waals surface area contributed by atoms with Gasteiger partial charge >= 0.3 is 0 Å². The Kier molecular flexibility index (Phi) is 4.62. The summed E-state index contributed by atoms with van der Waals surface area (Å²) in [5.74, 6) is 0.689. The Bertz CT molecular complexity index is 381. The van der Waals surface area contributed by atoms with Crippen LogP contribution in [0.3, 0.4) is 0 Å². The van der Waals surface area contributed by atoms with E-state index in [1.807, 2.05) is 6.92 Å². The Hall–Kier alpha value is -1.73. The van der Waals surface area contributed by atoms with E-state index < -0.39 is 0 Å². The highest BCUT2D eigenvalue weighted by molar-refractivity contribution is 5.60. The molecule has 0 spiro atoms. The second-order valence-corrected chi connectivity index (χ2v) is 3.46. The van der Waals surface area contributed by atoms with Crippen molar-refractivity contribution in [3.8, 4) is 11.8 Å². The molecule has 0 radical (unpaired) electrons. The van der Waals surface area contributed by atoms with Gasteiger partial charge in [-0.05, 0) is 18.6 Å². The van der Waals surface area contributed by atoms with Crippen molar-refractivity contribution < 1.29 is 9.84 Å². The van der Waals surface area contributed by atoms with E-state index in [0.717, 1.165) is 6.42 Å². The van der Waals surface area contributed by atoms with E-state index in [9.17, 15) is 0 Å². The lowest BCUT2D eigenvalue weighted by Crippen LogP contribution is -2.23. The summed E-state index contributed by atoms with van der Waals surface area (Å²) in [6.07, 6.45) is 0.790. The van der Waals surface area contributed by atoms with Crippen LogP contribution >= 0.6 is 0 Å². The van der Waals surface area contributed by atoms with E-state index in [1.165, 1.54) is 0 Å². The third-order valence-corrected chi connectivity index (χ3v) is 2.42. The van der Waals surface area contributed by atoms with Crippen LogP contribution in [0.2, 0.25) is 0 Å². The lowest BCUT2D eigenvalue weighted by molar-refractivity contribution is 0.272. The summed E-state index contributed by atoms with van der Waals surface area (Å²) < 4.78 is 5.09. The molecule has 1 aromatic carbocycles. The Balaban J connectivity index is 2.96. The molecule has 0 aliphatic rings. The molecule has 0 amide bonds. The molecule has 1 aromatic rings. The van der Waals surface area contributed by atoms with Gasteiger partial charge in [0.1, 0.15) is 11.8 Å². The van der Waals surface area contributed by atoms with Crippen LogP contribution in [0, 0.1) is 11.3 Å². The van der Waals surface area contributed by atoms with E-state index >= 15 is 0 Å². The van der Waals surface area contributed by atoms with Gasteiger partial charge in [-0.2, -0.15) is 5.26 Å². The topological polar surface area (TPSA) is 65.3 Å². The number of rotatable bonds is 5. The number of aliphatic hydroxyl groups is 1. The van der Waals surface area contributed by atoms with Gasteiger partial charge in [0.15, 0.2) is 0 Å². The van der Waals surface area contributed by atoms with Crippen LogP contribution in [0.1, 0.15) is 18.9 Å². The van der Waals surface area contributed by atoms with Gasteiger partial charge in [-0.3, -0.25) is 0 Å². The van der Waals surface area contributed by atoms with Gasteiger partial charge in [-0.25, -0.2) is 0 Å². The quantitative estimate of drug-likeness (QED) is 0.793. The molecular formula is C12H16N2O2. The fourth-order valence-corrected chi connectivity index (χ4v) is 1.36. The van der Waals surface area contributed by atoms with Crippen molar-refractivity contribution in [3.63, 3.8) is 0 Å². The average molecular weight is 220 g/mol. The van der Waals surface area contributed by atoms with E-state index in [1.54, 1.807) is 25.3 Å². The number of hydrogen-bond acceptors (Lipinski definition) is 4. The van der Waals surface area contributed by atoms with E-state index in [0.29, 0.717) is 17.0 Å². The number of benzene rings is 1. The molecular weight excluding hydrogens is 204 g/mol. The van der Waals surface area contributed by atoms with Crippen LogP contribution in [-0.4, -0.2) is 24.9 Å². The molecule has 0 aliphatic heterocycles. The molecule has 2 N–H and O–H groups in total. The highest BCUT2D eigenvalue weighted by atomic mass is 16.5. The smallest absolute Gasteiger partial charge is 0.121 e. The first kappa shape index (κ1) is 12.3. The monoisotopic (exact) mass is 220 g/mol. The molecule has 0 saturated heterocycles. The molecule has 0 bridgehead atoms. The number of hydrogen-bond donors (Lipinski definition) is 2. The van der Waals surface area contributed by atoms with E-state index in [4.69, 9.17) is 15.1 Å². The molecule has 4 heteroatoms. The van der Waals surface area contributed by atoms with Crippen molar-refractivity contribution in [1.29, 1.82) is 5.26 Å². The number of nitrogens with zero attached hydrogens (tertiary/aromatic N) is 1. The Morgan fingerprint density at radius 1 is 1.56 bits per heavy atom. The van der Waals surface area contributed by atoms with Gasteiger partial charge in [0.2, 0.25) is 0 Å². The predicted molar refractivity (Wildman–Crippen MR) is 62.5 cm³/mol. The molecule has 86 valence electrons. The summed E-state index contributed by atoms with van der Waals surface area (Å²) in [6, 6.07) is 7.26. The largest absolute Gasteiger partial charge is 0.497 e. The van der Waals surface area contributed by atoms with Crippen molar-refractivity contribution in [2.24, 2.45) is 0 Å². The third-order valence-electron chi connectivity index (χ3n) is 2.42. The van der Waals surface area contributed by atoms with Crippen LogP contribution in [-0.2, 0) is 0 Å². The van der Waals surface area contributed by atoms with Crippen molar-refractivity contribution in [3.05, 3.63) is 23.8 Å². The number of anilines is 1. The molecule has 0 saturated carbocycles. The number of aliphatic hydroxyl groups excluding tert-OH is 1. The first-order chi connectivity index (χ1) is 7.74. The van der Waals surface area contributed by atoms with Crippen molar-refractivity contribution >= 4 is 5.69 Å². The molecule has 1 unspecified atom stereocenters. The molecule has 16 heavy (non-hydrogen) atoms. The average Bonchev–Trinajstić information content (AvgIpc) is 2.35. The molecule has 0 aromatic heterocycles. The number of methoxy groups -OCH3 is 1. The van der Waals surface area contributed by atoms with Gasteiger partial charge in [-0.1, -0.05) is 6.92 Å². The van der Waals surface area contributed by atoms with Gasteiger partial charge in [0.05, 0.1) is 25.0 Å². The van der Waals surface area contributed by atoms with Crippen molar-refractivity contribution in [2.75, 3.05) is 19.0 Å². The van der Waals surface area contributed by atoms with Crippen molar-refractivity contribution in [2.45, 2.75) is 19.4 Å². The number of ether oxygens (including phenoxy) is 1. The standard InChI is InChI=1S/C12H16N2O2/c1-3-10(8-15)14-12-6-11(16-2)5-4-9(12)7-13/h4-6,10,14-15H,3,8H2,1-2H3. The summed E-state index contributed by atoms with van der Waals surface area (Å²) in [5, 5.41) is 21.2. The Morgan fingerprint density at radius 3 is 2.81 bits per heavy atom. The second-order valence-electron chi connectivity index (χ2n) is 3.46. The maximum absolute atomic E-state index is 9.10. The maximum Gasteiger partial charge on any atom is 0.121 e. The summed E-state index contributed by atoms with van der Waals surface area (Å²) in [5.41, 5.74) is 1.25. The summed E-state index contributed by atoms with van der Waals surface area (Å²) in [6.45, 7) is 2.01. The van der Waals surface area contributed by atoms with Gasteiger partial charge < -0.3 is 15.2 Å². The highest BCUT2D eigenvalue weighted by Crippen LogP contribution is 2.22. The first-order valence-corrected chi connectivity index (χ1v) is 5.20. The molecule has 0 aliphatic carbocycles. The molecule has 0 heterocycles. The van der Waals surface area contributed by atoms with Crippen LogP contribution in [0.25, 0.3) is 0 Å². The number of nitrogens with one attached hydrogen (secondary N) is 1. The SMILES string of the molecule is CCC(CO)Nc1cc(OC)ccc1C#N. The lowest BCUT2D eigenvalue weighted by Gasteiger charge is -2.17. The Morgan fingerprint density at radius 2 is 2.31 bits per heavy atom. The molecule has 4 nitrogen and oxygen atoms in total. The zero-order valence-electron chi connectivity index (χ0n) is 9.53. The van der Waals surface area contributed by atoms with Crippen LogP contribution < -0.4 is 10.1 Å². The highest BCUT2D eigenvalue weighted by Gasteiger charge is 2.08. The minimum atomic E-state index is -0.0424. The summed E-state index contributed by atoms with van der Waals surface area (Å²) >= 11 is 0. The van der Waals surface area contributed by atoms with Gasteiger partial charge in [0, 0.05) is 12.1 Å². The predicted octanol–water partition coefficient (Wildman–Crippen LogP) is 1.75. The van der Waals surface area contributed by atoms with Gasteiger partial charge in [0.25, 0.3) is 0 Å². The maximum atomic E-state index is 9.10. The summed E-state index contributed by atoms with van der Waals surface area (Å²) in [7, 11) is 1.58.